The van der Waals surface area contributed by atoms with Gasteiger partial charge in [-0.15, -0.1) is 0 Å². The van der Waals surface area contributed by atoms with Crippen LogP contribution in [0.3, 0.4) is 0 Å². The van der Waals surface area contributed by atoms with E-state index in [4.69, 9.17) is 23.1 Å². The molecule has 0 aliphatic heterocycles. The lowest BCUT2D eigenvalue weighted by Gasteiger charge is -2.08. The molecule has 2 atom stereocenters. The van der Waals surface area contributed by atoms with Crippen LogP contribution < -0.4 is 11.5 Å². The predicted molar refractivity (Wildman–Crippen MR) is 74.4 cm³/mol. The first-order chi connectivity index (χ1) is 8.65. The van der Waals surface area contributed by atoms with Crippen molar-refractivity contribution in [2.24, 2.45) is 5.73 Å². The third-order valence-electron chi connectivity index (χ3n) is 3.34. The molecule has 3 rings (SSSR count). The zero-order valence-corrected chi connectivity index (χ0v) is 10.6. The maximum absolute atomic E-state index is 6.00. The number of aromatic nitrogens is 1. The zero-order valence-electron chi connectivity index (χ0n) is 9.81. The fraction of sp³-hybridized carbons (Fsp3) is 0.214. The van der Waals surface area contributed by atoms with Crippen LogP contribution in [0.15, 0.2) is 36.5 Å². The highest BCUT2D eigenvalue weighted by Gasteiger charge is 2.35. The number of benzene rings is 1. The quantitative estimate of drug-likeness (QED) is 0.872. The molecule has 0 spiro atoms. The smallest absolute Gasteiger partial charge is 0.131 e. The number of anilines is 1. The van der Waals surface area contributed by atoms with Gasteiger partial charge in [0, 0.05) is 28.7 Å². The predicted octanol–water partition coefficient (Wildman–Crippen LogP) is 2.80. The van der Waals surface area contributed by atoms with Gasteiger partial charge in [0.05, 0.1) is 0 Å². The van der Waals surface area contributed by atoms with E-state index >= 15 is 0 Å². The number of nitrogens with zero attached hydrogens (tertiary/aromatic N) is 1. The summed E-state index contributed by atoms with van der Waals surface area (Å²) in [5.74, 6) is 0.950. The summed E-state index contributed by atoms with van der Waals surface area (Å²) in [5, 5.41) is 0.695. The molecule has 1 aliphatic carbocycles. The normalized spacial score (nSPS) is 21.9. The minimum absolute atomic E-state index is 0.266. The standard InChI is InChI=1S/C14H14ClN3/c15-10-3-1-2-8(4-10)12-5-9(7-18-14(12)17)11-6-13(11)16/h1-5,7,11,13H,6,16H2,(H2,17,18)/t11-,13+/m0/s1. The number of nitrogens with two attached hydrogens (primary N) is 2. The molecule has 1 heterocycles. The van der Waals surface area contributed by atoms with Crippen molar-refractivity contribution in [2.45, 2.75) is 18.4 Å². The molecule has 92 valence electrons. The molecule has 2 aromatic rings. The van der Waals surface area contributed by atoms with Crippen molar-refractivity contribution in [3.05, 3.63) is 47.1 Å². The molecule has 18 heavy (non-hydrogen) atoms. The van der Waals surface area contributed by atoms with Gasteiger partial charge in [-0.3, -0.25) is 0 Å². The minimum atomic E-state index is 0.266. The SMILES string of the molecule is Nc1ncc([C@@H]2C[C@H]2N)cc1-c1cccc(Cl)c1. The van der Waals surface area contributed by atoms with E-state index in [0.717, 1.165) is 23.1 Å². The summed E-state index contributed by atoms with van der Waals surface area (Å²) < 4.78 is 0. The van der Waals surface area contributed by atoms with E-state index in [-0.39, 0.29) is 6.04 Å². The first kappa shape index (κ1) is 11.5. The maximum Gasteiger partial charge on any atom is 0.131 e. The summed E-state index contributed by atoms with van der Waals surface area (Å²) in [4.78, 5) is 4.26. The van der Waals surface area contributed by atoms with E-state index in [1.54, 1.807) is 0 Å². The summed E-state index contributed by atoms with van der Waals surface area (Å²) in [7, 11) is 0. The highest BCUT2D eigenvalue weighted by atomic mass is 35.5. The second kappa shape index (κ2) is 4.26. The average molecular weight is 260 g/mol. The van der Waals surface area contributed by atoms with Crippen molar-refractivity contribution in [1.82, 2.24) is 4.98 Å². The average Bonchev–Trinajstić information content (AvgIpc) is 3.07. The summed E-state index contributed by atoms with van der Waals surface area (Å²) in [5.41, 5.74) is 14.9. The highest BCUT2D eigenvalue weighted by molar-refractivity contribution is 6.30. The first-order valence-corrected chi connectivity index (χ1v) is 6.30. The van der Waals surface area contributed by atoms with Gasteiger partial charge in [0.25, 0.3) is 0 Å². The topological polar surface area (TPSA) is 64.9 Å². The van der Waals surface area contributed by atoms with Crippen LogP contribution in [0.25, 0.3) is 11.1 Å². The van der Waals surface area contributed by atoms with Gasteiger partial charge in [0.15, 0.2) is 0 Å². The molecule has 0 amide bonds. The van der Waals surface area contributed by atoms with Crippen LogP contribution in [-0.4, -0.2) is 11.0 Å². The lowest BCUT2D eigenvalue weighted by atomic mass is 10.0. The van der Waals surface area contributed by atoms with Gasteiger partial charge in [-0.05, 0) is 35.7 Å². The molecule has 1 aromatic carbocycles. The Morgan fingerprint density at radius 3 is 2.72 bits per heavy atom. The fourth-order valence-electron chi connectivity index (χ4n) is 2.18. The zero-order chi connectivity index (χ0) is 12.7. The molecule has 1 fully saturated rings. The summed E-state index contributed by atoms with van der Waals surface area (Å²) in [6.45, 7) is 0. The molecule has 1 aromatic heterocycles. The Bertz CT molecular complexity index is 597. The molecular formula is C14H14ClN3. The molecule has 1 saturated carbocycles. The lowest BCUT2D eigenvalue weighted by Crippen LogP contribution is -2.02. The Kier molecular flexibility index (Phi) is 2.73. The van der Waals surface area contributed by atoms with Gasteiger partial charge >= 0.3 is 0 Å². The molecule has 4 heteroatoms. The van der Waals surface area contributed by atoms with Crippen LogP contribution >= 0.6 is 11.6 Å². The van der Waals surface area contributed by atoms with Crippen molar-refractivity contribution in [3.63, 3.8) is 0 Å². The van der Waals surface area contributed by atoms with Crippen LogP contribution in [0.1, 0.15) is 17.9 Å². The number of hydrogen-bond donors (Lipinski definition) is 2. The van der Waals surface area contributed by atoms with Crippen molar-refractivity contribution in [2.75, 3.05) is 5.73 Å². The van der Waals surface area contributed by atoms with E-state index in [0.29, 0.717) is 16.8 Å². The van der Waals surface area contributed by atoms with Crippen molar-refractivity contribution >= 4 is 17.4 Å². The van der Waals surface area contributed by atoms with Gasteiger partial charge < -0.3 is 11.5 Å². The van der Waals surface area contributed by atoms with Crippen molar-refractivity contribution in [3.8, 4) is 11.1 Å². The van der Waals surface area contributed by atoms with Gasteiger partial charge in [-0.25, -0.2) is 4.98 Å². The lowest BCUT2D eigenvalue weighted by molar-refractivity contribution is 0.982. The molecule has 0 bridgehead atoms. The Morgan fingerprint density at radius 1 is 1.28 bits per heavy atom. The van der Waals surface area contributed by atoms with Crippen molar-refractivity contribution in [1.29, 1.82) is 0 Å². The molecule has 0 unspecified atom stereocenters. The Morgan fingerprint density at radius 2 is 2.06 bits per heavy atom. The van der Waals surface area contributed by atoms with Crippen LogP contribution in [0, 0.1) is 0 Å². The third kappa shape index (κ3) is 2.07. The largest absolute Gasteiger partial charge is 0.383 e. The second-order valence-corrected chi connectivity index (χ2v) is 5.15. The van der Waals surface area contributed by atoms with E-state index in [1.165, 1.54) is 0 Å². The van der Waals surface area contributed by atoms with Gasteiger partial charge in [0.2, 0.25) is 0 Å². The summed E-state index contributed by atoms with van der Waals surface area (Å²) >= 11 is 6.00. The van der Waals surface area contributed by atoms with Crippen LogP contribution in [-0.2, 0) is 0 Å². The fourth-order valence-corrected chi connectivity index (χ4v) is 2.37. The first-order valence-electron chi connectivity index (χ1n) is 5.92. The van der Waals surface area contributed by atoms with E-state index in [9.17, 15) is 0 Å². The van der Waals surface area contributed by atoms with E-state index < -0.39 is 0 Å². The number of pyridine rings is 1. The minimum Gasteiger partial charge on any atom is -0.383 e. The molecule has 0 radical (unpaired) electrons. The van der Waals surface area contributed by atoms with Crippen LogP contribution in [0.4, 0.5) is 5.82 Å². The summed E-state index contributed by atoms with van der Waals surface area (Å²) in [6, 6.07) is 9.97. The Hall–Kier alpha value is -1.58. The molecule has 1 aliphatic rings. The second-order valence-electron chi connectivity index (χ2n) is 4.72. The molecular weight excluding hydrogens is 246 g/mol. The van der Waals surface area contributed by atoms with E-state index in [2.05, 4.69) is 11.1 Å². The van der Waals surface area contributed by atoms with E-state index in [1.807, 2.05) is 30.5 Å². The molecule has 0 saturated heterocycles. The molecule has 3 nitrogen and oxygen atoms in total. The van der Waals surface area contributed by atoms with Gasteiger partial charge in [-0.1, -0.05) is 23.7 Å². The maximum atomic E-state index is 6.00. The highest BCUT2D eigenvalue weighted by Crippen LogP contribution is 2.40. The van der Waals surface area contributed by atoms with Crippen LogP contribution in [0.2, 0.25) is 5.02 Å². The van der Waals surface area contributed by atoms with Crippen LogP contribution in [0.5, 0.6) is 0 Å². The number of hydrogen-bond acceptors (Lipinski definition) is 3. The number of halogens is 1. The number of rotatable bonds is 2. The van der Waals surface area contributed by atoms with Crippen molar-refractivity contribution < 1.29 is 0 Å². The molecule has 4 N–H and O–H groups in total. The Labute approximate surface area is 111 Å². The monoisotopic (exact) mass is 259 g/mol. The van der Waals surface area contributed by atoms with Gasteiger partial charge in [0.1, 0.15) is 5.82 Å². The Balaban J connectivity index is 2.05. The summed E-state index contributed by atoms with van der Waals surface area (Å²) in [6.07, 6.45) is 2.85. The number of nitrogen functional groups attached to an aromatic ring is 1. The van der Waals surface area contributed by atoms with Gasteiger partial charge in [-0.2, -0.15) is 0 Å². The third-order valence-corrected chi connectivity index (χ3v) is 3.58.